The van der Waals surface area contributed by atoms with Gasteiger partial charge in [-0.1, -0.05) is 66.7 Å². The van der Waals surface area contributed by atoms with Crippen LogP contribution in [0.3, 0.4) is 0 Å². The molecule has 1 unspecified atom stereocenters. The minimum absolute atomic E-state index is 0.162. The highest BCUT2D eigenvalue weighted by atomic mass is 16.6. The van der Waals surface area contributed by atoms with Crippen molar-refractivity contribution >= 4 is 12.1 Å². The number of fused-ring (bicyclic) bond motifs is 1. The second-order valence-electron chi connectivity index (χ2n) is 7.85. The zero-order valence-corrected chi connectivity index (χ0v) is 17.6. The molecule has 2 aromatic carbocycles. The Hall–Kier alpha value is -3.28. The van der Waals surface area contributed by atoms with Crippen LogP contribution in [0.4, 0.5) is 4.79 Å². The van der Waals surface area contributed by atoms with Crippen LogP contribution in [-0.4, -0.2) is 34.7 Å². The fourth-order valence-corrected chi connectivity index (χ4v) is 4.06. The molecule has 1 amide bonds. The predicted octanol–water partition coefficient (Wildman–Crippen LogP) is 4.82. The number of allylic oxidation sites excluding steroid dienone is 2. The van der Waals surface area contributed by atoms with Gasteiger partial charge in [0.1, 0.15) is 13.2 Å². The normalized spacial score (nSPS) is 18.5. The van der Waals surface area contributed by atoms with E-state index in [1.807, 2.05) is 65.7 Å². The van der Waals surface area contributed by atoms with Crippen molar-refractivity contribution < 1.29 is 19.1 Å². The maximum Gasteiger partial charge on any atom is 0.429 e. The number of hydrogen-bond donors (Lipinski definition) is 0. The Bertz CT molecular complexity index is 914. The first kappa shape index (κ1) is 21.0. The molecule has 6 nitrogen and oxygen atoms in total. The van der Waals surface area contributed by atoms with E-state index in [0.717, 1.165) is 42.5 Å². The Kier molecular flexibility index (Phi) is 6.87. The topological polar surface area (TPSA) is 59.1 Å². The van der Waals surface area contributed by atoms with E-state index < -0.39 is 18.1 Å². The minimum atomic E-state index is -0.698. The van der Waals surface area contributed by atoms with Crippen LogP contribution in [0.15, 0.2) is 72.4 Å². The summed E-state index contributed by atoms with van der Waals surface area (Å²) in [5, 5.41) is 3.42. The SMILES string of the molecule is O=C(OCc1ccccc1)C1CCCC2=CCCCN2N1C(=O)OCc1ccccc1. The van der Waals surface area contributed by atoms with Gasteiger partial charge in [-0.3, -0.25) is 5.01 Å². The molecule has 0 aliphatic carbocycles. The fourth-order valence-electron chi connectivity index (χ4n) is 4.06. The summed E-state index contributed by atoms with van der Waals surface area (Å²) in [6.45, 7) is 1.04. The summed E-state index contributed by atoms with van der Waals surface area (Å²) in [4.78, 5) is 26.3. The standard InChI is InChI=1S/C25H28N2O4/c28-24(30-18-20-10-3-1-4-11-20)23-16-9-15-22-14-7-8-17-26(22)27(23)25(29)31-19-21-12-5-2-6-13-21/h1-6,10-14,23H,7-9,15-19H2. The maximum absolute atomic E-state index is 13.2. The average Bonchev–Trinajstić information content (AvgIpc) is 3.02. The third-order valence-electron chi connectivity index (χ3n) is 5.64. The molecule has 2 aromatic rings. The largest absolute Gasteiger partial charge is 0.459 e. The quantitative estimate of drug-likeness (QED) is 0.650. The Balaban J connectivity index is 1.51. The number of rotatable bonds is 5. The first-order valence-corrected chi connectivity index (χ1v) is 10.9. The van der Waals surface area contributed by atoms with Crippen molar-refractivity contribution in [2.45, 2.75) is 51.4 Å². The van der Waals surface area contributed by atoms with Gasteiger partial charge in [-0.25, -0.2) is 14.6 Å². The van der Waals surface area contributed by atoms with E-state index in [0.29, 0.717) is 13.0 Å². The molecule has 0 bridgehead atoms. The number of carbonyl (C=O) groups excluding carboxylic acids is 2. The Morgan fingerprint density at radius 2 is 1.52 bits per heavy atom. The maximum atomic E-state index is 13.2. The van der Waals surface area contributed by atoms with Gasteiger partial charge in [0.15, 0.2) is 6.04 Å². The van der Waals surface area contributed by atoms with E-state index in [1.165, 1.54) is 5.01 Å². The third kappa shape index (κ3) is 5.26. The molecule has 1 atom stereocenters. The number of hydrazine groups is 1. The van der Waals surface area contributed by atoms with Crippen molar-refractivity contribution in [3.05, 3.63) is 83.6 Å². The number of nitrogens with zero attached hydrogens (tertiary/aromatic N) is 2. The van der Waals surface area contributed by atoms with Crippen LogP contribution in [0.5, 0.6) is 0 Å². The Labute approximate surface area is 183 Å². The van der Waals surface area contributed by atoms with Gasteiger partial charge in [0.05, 0.1) is 0 Å². The van der Waals surface area contributed by atoms with Crippen LogP contribution in [0.2, 0.25) is 0 Å². The number of ether oxygens (including phenoxy) is 2. The molecule has 4 rings (SSSR count). The van der Waals surface area contributed by atoms with Crippen molar-refractivity contribution in [2.24, 2.45) is 0 Å². The molecular formula is C25H28N2O4. The lowest BCUT2D eigenvalue weighted by atomic mass is 10.1. The monoisotopic (exact) mass is 420 g/mol. The summed E-state index contributed by atoms with van der Waals surface area (Å²) < 4.78 is 11.2. The second kappa shape index (κ2) is 10.2. The van der Waals surface area contributed by atoms with E-state index in [-0.39, 0.29) is 13.2 Å². The van der Waals surface area contributed by atoms with Crippen molar-refractivity contribution in [2.75, 3.05) is 6.54 Å². The van der Waals surface area contributed by atoms with Gasteiger partial charge >= 0.3 is 12.1 Å². The van der Waals surface area contributed by atoms with Gasteiger partial charge in [-0.15, -0.1) is 0 Å². The summed E-state index contributed by atoms with van der Waals surface area (Å²) in [6, 6.07) is 18.4. The van der Waals surface area contributed by atoms with Crippen molar-refractivity contribution in [1.29, 1.82) is 0 Å². The molecule has 1 fully saturated rings. The van der Waals surface area contributed by atoms with E-state index in [2.05, 4.69) is 6.08 Å². The highest BCUT2D eigenvalue weighted by Crippen LogP contribution is 2.30. The lowest BCUT2D eigenvalue weighted by Gasteiger charge is -2.40. The zero-order chi connectivity index (χ0) is 21.5. The van der Waals surface area contributed by atoms with Crippen molar-refractivity contribution in [1.82, 2.24) is 10.0 Å². The van der Waals surface area contributed by atoms with Gasteiger partial charge in [-0.2, -0.15) is 0 Å². The van der Waals surface area contributed by atoms with Gasteiger partial charge in [0.2, 0.25) is 0 Å². The van der Waals surface area contributed by atoms with Crippen LogP contribution in [-0.2, 0) is 27.5 Å². The molecule has 0 aromatic heterocycles. The van der Waals surface area contributed by atoms with Gasteiger partial charge < -0.3 is 9.47 Å². The molecule has 0 N–H and O–H groups in total. The molecule has 2 aliphatic heterocycles. The molecule has 0 spiro atoms. The molecule has 1 saturated heterocycles. The van der Waals surface area contributed by atoms with Crippen LogP contribution >= 0.6 is 0 Å². The first-order chi connectivity index (χ1) is 15.2. The summed E-state index contributed by atoms with van der Waals surface area (Å²) in [6.07, 6.45) is 5.77. The fraction of sp³-hybridized carbons (Fsp3) is 0.360. The summed E-state index contributed by atoms with van der Waals surface area (Å²) in [7, 11) is 0. The molecule has 0 saturated carbocycles. The first-order valence-electron chi connectivity index (χ1n) is 10.9. The summed E-state index contributed by atoms with van der Waals surface area (Å²) in [5.41, 5.74) is 2.91. The summed E-state index contributed by atoms with van der Waals surface area (Å²) >= 11 is 0. The molecule has 2 heterocycles. The van der Waals surface area contributed by atoms with Crippen LogP contribution in [0.1, 0.15) is 43.2 Å². The van der Waals surface area contributed by atoms with E-state index in [9.17, 15) is 9.59 Å². The highest BCUT2D eigenvalue weighted by molar-refractivity contribution is 5.81. The van der Waals surface area contributed by atoms with E-state index in [1.54, 1.807) is 0 Å². The van der Waals surface area contributed by atoms with Crippen LogP contribution < -0.4 is 0 Å². The highest BCUT2D eigenvalue weighted by Gasteiger charge is 2.39. The smallest absolute Gasteiger partial charge is 0.429 e. The average molecular weight is 421 g/mol. The lowest BCUT2D eigenvalue weighted by Crippen LogP contribution is -2.54. The molecule has 31 heavy (non-hydrogen) atoms. The minimum Gasteiger partial charge on any atom is -0.459 e. The van der Waals surface area contributed by atoms with Crippen LogP contribution in [0, 0.1) is 0 Å². The lowest BCUT2D eigenvalue weighted by molar-refractivity contribution is -0.157. The third-order valence-corrected chi connectivity index (χ3v) is 5.64. The Morgan fingerprint density at radius 1 is 0.871 bits per heavy atom. The van der Waals surface area contributed by atoms with Crippen molar-refractivity contribution in [3.63, 3.8) is 0 Å². The molecule has 2 aliphatic rings. The van der Waals surface area contributed by atoms with E-state index in [4.69, 9.17) is 9.47 Å². The van der Waals surface area contributed by atoms with E-state index >= 15 is 0 Å². The molecule has 162 valence electrons. The Morgan fingerprint density at radius 3 is 2.19 bits per heavy atom. The second-order valence-corrected chi connectivity index (χ2v) is 7.85. The molecule has 6 heteroatoms. The van der Waals surface area contributed by atoms with Crippen molar-refractivity contribution in [3.8, 4) is 0 Å². The van der Waals surface area contributed by atoms with Gasteiger partial charge in [0.25, 0.3) is 0 Å². The number of benzene rings is 2. The molecule has 0 radical (unpaired) electrons. The number of amides is 1. The number of hydrogen-bond acceptors (Lipinski definition) is 5. The number of esters is 1. The number of carbonyl (C=O) groups is 2. The van der Waals surface area contributed by atoms with Crippen LogP contribution in [0.25, 0.3) is 0 Å². The zero-order valence-electron chi connectivity index (χ0n) is 17.6. The molecular weight excluding hydrogens is 392 g/mol. The van der Waals surface area contributed by atoms with Gasteiger partial charge in [-0.05, 0) is 43.2 Å². The summed E-state index contributed by atoms with van der Waals surface area (Å²) in [5.74, 6) is -0.396. The van der Waals surface area contributed by atoms with Gasteiger partial charge in [0, 0.05) is 12.2 Å². The predicted molar refractivity (Wildman–Crippen MR) is 116 cm³/mol.